The molecule has 1 aromatic heterocycles. The first-order valence-electron chi connectivity index (χ1n) is 9.43. The van der Waals surface area contributed by atoms with E-state index >= 15 is 0 Å². The van der Waals surface area contributed by atoms with Gasteiger partial charge in [-0.2, -0.15) is 18.3 Å². The quantitative estimate of drug-likeness (QED) is 0.324. The number of rotatable bonds is 7. The number of aromatic nitrogens is 2. The highest BCUT2D eigenvalue weighted by molar-refractivity contribution is 6.14. The first-order valence-corrected chi connectivity index (χ1v) is 9.43. The van der Waals surface area contributed by atoms with Crippen LogP contribution >= 0.6 is 0 Å². The Morgan fingerprint density at radius 2 is 2.00 bits per heavy atom. The summed E-state index contributed by atoms with van der Waals surface area (Å²) in [5, 5.41) is 12.9. The number of hydrogen-bond acceptors (Lipinski definition) is 7. The fourth-order valence-corrected chi connectivity index (χ4v) is 3.20. The maximum atomic E-state index is 14.5. The molecule has 1 saturated heterocycles. The topological polar surface area (TPSA) is 106 Å². The Labute approximate surface area is 183 Å². The Balaban J connectivity index is 1.81. The first-order chi connectivity index (χ1) is 15.5. The van der Waals surface area contributed by atoms with Crippen molar-refractivity contribution in [2.45, 2.75) is 24.6 Å². The molecule has 0 spiro atoms. The third-order valence-corrected chi connectivity index (χ3v) is 4.80. The van der Waals surface area contributed by atoms with Crippen LogP contribution in [0, 0.1) is 11.2 Å². The van der Waals surface area contributed by atoms with Crippen LogP contribution in [-0.4, -0.2) is 58.3 Å². The van der Waals surface area contributed by atoms with E-state index < -0.39 is 54.0 Å². The minimum absolute atomic E-state index is 0.0916. The van der Waals surface area contributed by atoms with E-state index in [4.69, 9.17) is 5.41 Å². The molecule has 2 heterocycles. The zero-order chi connectivity index (χ0) is 24.2. The normalized spacial score (nSPS) is 17.9. The molecular formula is C19H17F6N7O. The molecular weight excluding hydrogens is 456 g/mol. The molecule has 1 aliphatic heterocycles. The average molecular weight is 473 g/mol. The number of halogens is 6. The number of amides is 1. The molecule has 1 unspecified atom stereocenters. The van der Waals surface area contributed by atoms with Gasteiger partial charge in [0.25, 0.3) is 11.8 Å². The minimum atomic E-state index is -4.66. The molecule has 1 fully saturated rings. The van der Waals surface area contributed by atoms with Gasteiger partial charge in [0.05, 0.1) is 17.5 Å². The van der Waals surface area contributed by atoms with Crippen molar-refractivity contribution in [1.82, 2.24) is 14.9 Å². The van der Waals surface area contributed by atoms with Crippen molar-refractivity contribution in [3.05, 3.63) is 47.5 Å². The molecule has 14 heteroatoms. The molecule has 1 aliphatic rings. The zero-order valence-corrected chi connectivity index (χ0v) is 16.7. The molecule has 1 atom stereocenters. The van der Waals surface area contributed by atoms with Gasteiger partial charge in [-0.3, -0.25) is 10.2 Å². The second-order valence-electron chi connectivity index (χ2n) is 6.92. The number of benzene rings is 1. The molecule has 8 nitrogen and oxygen atoms in total. The molecule has 1 aromatic carbocycles. The van der Waals surface area contributed by atoms with Crippen molar-refractivity contribution < 1.29 is 31.1 Å². The lowest BCUT2D eigenvalue weighted by Crippen LogP contribution is -2.47. The van der Waals surface area contributed by atoms with Crippen LogP contribution in [0.25, 0.3) is 0 Å². The molecule has 176 valence electrons. The highest BCUT2D eigenvalue weighted by Gasteiger charge is 2.51. The van der Waals surface area contributed by atoms with Crippen LogP contribution in [0.15, 0.2) is 35.7 Å². The van der Waals surface area contributed by atoms with Crippen LogP contribution in [-0.2, 0) is 6.18 Å². The van der Waals surface area contributed by atoms with Crippen LogP contribution in [0.4, 0.5) is 38.0 Å². The number of anilines is 2. The van der Waals surface area contributed by atoms with Gasteiger partial charge in [-0.1, -0.05) is 6.07 Å². The van der Waals surface area contributed by atoms with Crippen molar-refractivity contribution in [3.8, 4) is 0 Å². The van der Waals surface area contributed by atoms with Crippen LogP contribution < -0.4 is 10.7 Å². The van der Waals surface area contributed by atoms with Gasteiger partial charge >= 0.3 is 6.18 Å². The van der Waals surface area contributed by atoms with E-state index in [2.05, 4.69) is 25.8 Å². The highest BCUT2D eigenvalue weighted by atomic mass is 19.4. The Hall–Kier alpha value is -3.71. The molecule has 0 radical (unpaired) electrons. The summed E-state index contributed by atoms with van der Waals surface area (Å²) < 4.78 is 81.4. The molecule has 3 rings (SSSR count). The Morgan fingerprint density at radius 1 is 1.30 bits per heavy atom. The molecule has 0 saturated carbocycles. The van der Waals surface area contributed by atoms with Crippen LogP contribution in [0.1, 0.15) is 22.3 Å². The Bertz CT molecular complexity index is 1040. The number of hydrazone groups is 1. The number of nitrogens with zero attached hydrogens (tertiary/aromatic N) is 4. The minimum Gasteiger partial charge on any atom is -0.352 e. The Morgan fingerprint density at radius 3 is 2.64 bits per heavy atom. The fourth-order valence-electron chi connectivity index (χ4n) is 3.20. The smallest absolute Gasteiger partial charge is 0.352 e. The van der Waals surface area contributed by atoms with Crippen molar-refractivity contribution in [2.75, 3.05) is 23.8 Å². The SMILES string of the molecule is N=C/C=N\Nc1cccc(F)c1C(=O)N1CCC(F)(F)C1CNc1ncc(C(F)(F)F)cn1. The Kier molecular flexibility index (Phi) is 6.84. The second-order valence-corrected chi connectivity index (χ2v) is 6.92. The maximum Gasteiger partial charge on any atom is 0.419 e. The van der Waals surface area contributed by atoms with E-state index in [-0.39, 0.29) is 18.2 Å². The van der Waals surface area contributed by atoms with Crippen LogP contribution in [0.5, 0.6) is 0 Å². The van der Waals surface area contributed by atoms with Gasteiger partial charge in [-0.05, 0) is 12.1 Å². The molecule has 2 aromatic rings. The summed E-state index contributed by atoms with van der Waals surface area (Å²) in [6.07, 6.45) is -2.50. The predicted molar refractivity (Wildman–Crippen MR) is 107 cm³/mol. The van der Waals surface area contributed by atoms with E-state index in [1.165, 1.54) is 12.1 Å². The number of hydrogen-bond donors (Lipinski definition) is 3. The standard InChI is InChI=1S/C19H17F6N7O/c20-12-2-1-3-13(31-30-6-5-26)15(12)16(33)32-7-4-18(21,22)14(32)10-29-17-27-8-11(9-28-17)19(23,24)25/h1-3,5-6,8-9,14,26,31H,4,7,10H2,(H,27,28,29)/b26-5?,30-6-. The largest absolute Gasteiger partial charge is 0.419 e. The van der Waals surface area contributed by atoms with E-state index in [0.29, 0.717) is 12.4 Å². The molecule has 3 N–H and O–H groups in total. The number of nitrogens with one attached hydrogen (secondary N) is 3. The molecule has 33 heavy (non-hydrogen) atoms. The number of carbonyl (C=O) groups is 1. The summed E-state index contributed by atoms with van der Waals surface area (Å²) >= 11 is 0. The van der Waals surface area contributed by atoms with E-state index in [0.717, 1.165) is 23.4 Å². The van der Waals surface area contributed by atoms with Crippen LogP contribution in [0.2, 0.25) is 0 Å². The number of carbonyl (C=O) groups excluding carboxylic acids is 1. The zero-order valence-electron chi connectivity index (χ0n) is 16.7. The van der Waals surface area contributed by atoms with Crippen LogP contribution in [0.3, 0.4) is 0 Å². The van der Waals surface area contributed by atoms with E-state index in [9.17, 15) is 31.1 Å². The van der Waals surface area contributed by atoms with Crippen molar-refractivity contribution in [1.29, 1.82) is 5.41 Å². The summed E-state index contributed by atoms with van der Waals surface area (Å²) in [6, 6.07) is 1.84. The van der Waals surface area contributed by atoms with E-state index in [1.54, 1.807) is 0 Å². The average Bonchev–Trinajstić information content (AvgIpc) is 3.06. The van der Waals surface area contributed by atoms with Crippen molar-refractivity contribution in [2.24, 2.45) is 5.10 Å². The highest BCUT2D eigenvalue weighted by Crippen LogP contribution is 2.36. The monoisotopic (exact) mass is 473 g/mol. The molecule has 0 aliphatic carbocycles. The van der Waals surface area contributed by atoms with Crippen molar-refractivity contribution in [3.63, 3.8) is 0 Å². The van der Waals surface area contributed by atoms with Gasteiger partial charge < -0.3 is 15.6 Å². The van der Waals surface area contributed by atoms with Gasteiger partial charge in [-0.15, -0.1) is 0 Å². The number of likely N-dealkylation sites (tertiary alicyclic amines) is 1. The van der Waals surface area contributed by atoms with Gasteiger partial charge in [0.2, 0.25) is 5.95 Å². The summed E-state index contributed by atoms with van der Waals surface area (Å²) in [5.41, 5.74) is 0.664. The van der Waals surface area contributed by atoms with Crippen molar-refractivity contribution >= 4 is 30.0 Å². The third-order valence-electron chi connectivity index (χ3n) is 4.80. The van der Waals surface area contributed by atoms with Gasteiger partial charge in [-0.25, -0.2) is 23.1 Å². The van der Waals surface area contributed by atoms with Gasteiger partial charge in [0.1, 0.15) is 17.4 Å². The molecule has 0 bridgehead atoms. The third kappa shape index (κ3) is 5.38. The number of alkyl halides is 5. The van der Waals surface area contributed by atoms with E-state index in [1.807, 2.05) is 0 Å². The maximum absolute atomic E-state index is 14.5. The summed E-state index contributed by atoms with van der Waals surface area (Å²) in [6.45, 7) is -0.975. The predicted octanol–water partition coefficient (Wildman–Crippen LogP) is 3.64. The summed E-state index contributed by atoms with van der Waals surface area (Å²) in [7, 11) is 0. The fraction of sp³-hybridized carbons (Fsp3) is 0.316. The summed E-state index contributed by atoms with van der Waals surface area (Å²) in [5.74, 6) is -5.69. The van der Waals surface area contributed by atoms with Gasteiger partial charge in [0, 0.05) is 38.1 Å². The lowest BCUT2D eigenvalue weighted by atomic mass is 10.1. The molecule has 1 amide bonds. The first kappa shape index (κ1) is 23.9. The lowest BCUT2D eigenvalue weighted by Gasteiger charge is -2.28. The summed E-state index contributed by atoms with van der Waals surface area (Å²) in [4.78, 5) is 20.7. The lowest BCUT2D eigenvalue weighted by molar-refractivity contribution is -0.138. The second kappa shape index (κ2) is 9.42. The van der Waals surface area contributed by atoms with Gasteiger partial charge in [0.15, 0.2) is 0 Å².